The van der Waals surface area contributed by atoms with E-state index in [1.807, 2.05) is 0 Å². The molecule has 96 valence electrons. The van der Waals surface area contributed by atoms with E-state index in [2.05, 4.69) is 15.4 Å². The van der Waals surface area contributed by atoms with E-state index in [0.717, 1.165) is 12.8 Å². The lowest BCUT2D eigenvalue weighted by Gasteiger charge is -2.34. The van der Waals surface area contributed by atoms with Crippen molar-refractivity contribution < 1.29 is 10.2 Å². The molecule has 0 atom stereocenters. The van der Waals surface area contributed by atoms with Crippen LogP contribution in [-0.4, -0.2) is 43.6 Å². The monoisotopic (exact) mass is 240 g/mol. The van der Waals surface area contributed by atoms with Gasteiger partial charge in [-0.15, -0.1) is 10.2 Å². The largest absolute Gasteiger partial charge is 0.396 e. The van der Waals surface area contributed by atoms with Crippen LogP contribution in [0.15, 0.2) is 0 Å². The summed E-state index contributed by atoms with van der Waals surface area (Å²) < 4.78 is 0. The average molecular weight is 240 g/mol. The van der Waals surface area contributed by atoms with Crippen LogP contribution in [0.4, 0.5) is 0 Å². The maximum Gasteiger partial charge on any atom is 0.175 e. The third-order valence-corrected chi connectivity index (χ3v) is 3.91. The Balaban J connectivity index is 2.15. The molecule has 17 heavy (non-hydrogen) atoms. The van der Waals surface area contributed by atoms with Gasteiger partial charge in [-0.1, -0.05) is 12.8 Å². The molecule has 1 aromatic rings. The van der Waals surface area contributed by atoms with Crippen molar-refractivity contribution in [1.82, 2.24) is 20.2 Å². The first kappa shape index (κ1) is 12.4. The first-order valence-electron chi connectivity index (χ1n) is 6.15. The van der Waals surface area contributed by atoms with Crippen molar-refractivity contribution in [2.75, 3.05) is 13.2 Å². The van der Waals surface area contributed by atoms with Crippen molar-refractivity contribution in [1.29, 1.82) is 0 Å². The molecular formula is C11H20N4O2. The summed E-state index contributed by atoms with van der Waals surface area (Å²) in [5.74, 6) is 0.962. The van der Waals surface area contributed by atoms with E-state index >= 15 is 0 Å². The Hall–Kier alpha value is -1.01. The smallest absolute Gasteiger partial charge is 0.175 e. The van der Waals surface area contributed by atoms with Crippen LogP contribution in [0, 0.1) is 11.3 Å². The van der Waals surface area contributed by atoms with Crippen molar-refractivity contribution in [3.05, 3.63) is 5.82 Å². The highest BCUT2D eigenvalue weighted by molar-refractivity contribution is 4.96. The van der Waals surface area contributed by atoms with Gasteiger partial charge in [0.1, 0.15) is 0 Å². The van der Waals surface area contributed by atoms with Gasteiger partial charge in [0.2, 0.25) is 0 Å². The van der Waals surface area contributed by atoms with Gasteiger partial charge in [-0.3, -0.25) is 0 Å². The minimum Gasteiger partial charge on any atom is -0.396 e. The summed E-state index contributed by atoms with van der Waals surface area (Å²) in [4.78, 5) is 1.41. The van der Waals surface area contributed by atoms with Gasteiger partial charge in [0.15, 0.2) is 5.82 Å². The van der Waals surface area contributed by atoms with Crippen molar-refractivity contribution in [2.45, 2.75) is 32.1 Å². The minimum atomic E-state index is -0.487. The molecule has 1 aliphatic carbocycles. The number of aliphatic hydroxyl groups is 2. The lowest BCUT2D eigenvalue weighted by molar-refractivity contribution is 0.00411. The van der Waals surface area contributed by atoms with Crippen LogP contribution >= 0.6 is 0 Å². The molecule has 2 N–H and O–H groups in total. The Morgan fingerprint density at radius 1 is 1.29 bits per heavy atom. The molecule has 2 rings (SSSR count). The number of tetrazole rings is 1. The van der Waals surface area contributed by atoms with Gasteiger partial charge in [0.05, 0.1) is 20.3 Å². The molecule has 1 aliphatic rings. The van der Waals surface area contributed by atoms with Crippen LogP contribution < -0.4 is 0 Å². The zero-order chi connectivity index (χ0) is 12.3. The van der Waals surface area contributed by atoms with Gasteiger partial charge in [0, 0.05) is 11.8 Å². The molecule has 1 heterocycles. The summed E-state index contributed by atoms with van der Waals surface area (Å²) >= 11 is 0. The van der Waals surface area contributed by atoms with Crippen molar-refractivity contribution in [3.63, 3.8) is 0 Å². The van der Waals surface area contributed by atoms with E-state index in [1.165, 1.54) is 17.6 Å². The molecule has 0 radical (unpaired) electrons. The van der Waals surface area contributed by atoms with E-state index in [0.29, 0.717) is 18.2 Å². The second-order valence-corrected chi connectivity index (χ2v) is 5.03. The third-order valence-electron chi connectivity index (χ3n) is 3.91. The Morgan fingerprint density at radius 2 is 1.94 bits per heavy atom. The minimum absolute atomic E-state index is 0.0214. The quantitative estimate of drug-likeness (QED) is 0.751. The standard InChI is InChI=1S/C11H20N4O2/c1-15-13-10(12-14-15)6-11(7-16,8-17)9-4-2-3-5-9/h9,16-17H,2-8H2,1H3. The molecular weight excluding hydrogens is 220 g/mol. The summed E-state index contributed by atoms with van der Waals surface area (Å²) in [6.07, 6.45) is 5.00. The Kier molecular flexibility index (Phi) is 3.73. The topological polar surface area (TPSA) is 84.1 Å². The number of aliphatic hydroxyl groups excluding tert-OH is 2. The van der Waals surface area contributed by atoms with E-state index in [1.54, 1.807) is 7.05 Å². The summed E-state index contributed by atoms with van der Waals surface area (Å²) in [5, 5.41) is 31.2. The van der Waals surface area contributed by atoms with Gasteiger partial charge in [-0.05, 0) is 24.0 Å². The van der Waals surface area contributed by atoms with Crippen LogP contribution in [0.5, 0.6) is 0 Å². The predicted molar refractivity (Wildman–Crippen MR) is 61.1 cm³/mol. The first-order valence-corrected chi connectivity index (χ1v) is 6.15. The molecule has 0 bridgehead atoms. The molecule has 0 spiro atoms. The van der Waals surface area contributed by atoms with E-state index < -0.39 is 5.41 Å². The highest BCUT2D eigenvalue weighted by Gasteiger charge is 2.40. The summed E-state index contributed by atoms with van der Waals surface area (Å²) in [5.41, 5.74) is -0.487. The lowest BCUT2D eigenvalue weighted by atomic mass is 9.73. The van der Waals surface area contributed by atoms with Gasteiger partial charge in [-0.2, -0.15) is 4.80 Å². The zero-order valence-electron chi connectivity index (χ0n) is 10.2. The van der Waals surface area contributed by atoms with Crippen LogP contribution in [0.2, 0.25) is 0 Å². The maximum absolute atomic E-state index is 9.66. The summed E-state index contributed by atoms with van der Waals surface area (Å²) in [7, 11) is 1.71. The van der Waals surface area contributed by atoms with Gasteiger partial charge in [-0.25, -0.2) is 0 Å². The van der Waals surface area contributed by atoms with Gasteiger partial charge >= 0.3 is 0 Å². The number of hydrogen-bond acceptors (Lipinski definition) is 5. The van der Waals surface area contributed by atoms with Crippen molar-refractivity contribution in [3.8, 4) is 0 Å². The van der Waals surface area contributed by atoms with Crippen LogP contribution in [0.1, 0.15) is 31.5 Å². The molecule has 6 heteroatoms. The Bertz CT molecular complexity index is 356. The van der Waals surface area contributed by atoms with E-state index in [9.17, 15) is 10.2 Å². The third kappa shape index (κ3) is 2.47. The molecule has 0 unspecified atom stereocenters. The maximum atomic E-state index is 9.66. The lowest BCUT2D eigenvalue weighted by Crippen LogP contribution is -2.39. The SMILES string of the molecule is Cn1nnc(CC(CO)(CO)C2CCCC2)n1. The fraction of sp³-hybridized carbons (Fsp3) is 0.909. The first-order chi connectivity index (χ1) is 8.20. The Morgan fingerprint density at radius 3 is 2.41 bits per heavy atom. The fourth-order valence-corrected chi connectivity index (χ4v) is 2.81. The van der Waals surface area contributed by atoms with Crippen molar-refractivity contribution in [2.24, 2.45) is 18.4 Å². The molecule has 0 saturated heterocycles. The van der Waals surface area contributed by atoms with Crippen molar-refractivity contribution >= 4 is 0 Å². The predicted octanol–water partition coefficient (Wildman–Crippen LogP) is -0.0862. The summed E-state index contributed by atoms with van der Waals surface area (Å²) in [6, 6.07) is 0. The number of aromatic nitrogens is 4. The zero-order valence-corrected chi connectivity index (χ0v) is 10.2. The highest BCUT2D eigenvalue weighted by Crippen LogP contribution is 2.41. The van der Waals surface area contributed by atoms with E-state index in [4.69, 9.17) is 0 Å². The normalized spacial score (nSPS) is 17.8. The average Bonchev–Trinajstić information content (AvgIpc) is 2.98. The van der Waals surface area contributed by atoms with Gasteiger partial charge < -0.3 is 10.2 Å². The number of aryl methyl sites for hydroxylation is 1. The van der Waals surface area contributed by atoms with Crippen LogP contribution in [0.3, 0.4) is 0 Å². The fourth-order valence-electron chi connectivity index (χ4n) is 2.81. The van der Waals surface area contributed by atoms with Crippen LogP contribution in [-0.2, 0) is 13.5 Å². The number of rotatable bonds is 5. The molecule has 6 nitrogen and oxygen atoms in total. The van der Waals surface area contributed by atoms with Gasteiger partial charge in [0.25, 0.3) is 0 Å². The second-order valence-electron chi connectivity index (χ2n) is 5.03. The second kappa shape index (κ2) is 5.10. The molecule has 0 aliphatic heterocycles. The number of hydrogen-bond donors (Lipinski definition) is 2. The number of nitrogens with zero attached hydrogens (tertiary/aromatic N) is 4. The summed E-state index contributed by atoms with van der Waals surface area (Å²) in [6.45, 7) is -0.0428. The molecule has 1 fully saturated rings. The van der Waals surface area contributed by atoms with E-state index in [-0.39, 0.29) is 13.2 Å². The highest BCUT2D eigenvalue weighted by atomic mass is 16.3. The molecule has 1 saturated carbocycles. The molecule has 0 aromatic carbocycles. The van der Waals surface area contributed by atoms with Crippen LogP contribution in [0.25, 0.3) is 0 Å². The molecule has 0 amide bonds. The Labute approximate surface area is 101 Å². The molecule has 1 aromatic heterocycles.